The maximum Gasteiger partial charge on any atom is 0.344 e. The summed E-state index contributed by atoms with van der Waals surface area (Å²) in [5, 5.41) is -0.311. The predicted molar refractivity (Wildman–Crippen MR) is 140 cm³/mol. The molecule has 3 aromatic carbocycles. The van der Waals surface area contributed by atoms with Gasteiger partial charge in [-0.25, -0.2) is 4.79 Å². The molecule has 0 unspecified atom stereocenters. The van der Waals surface area contributed by atoms with Gasteiger partial charge in [-0.15, -0.1) is 0 Å². The molecule has 172 valence electrons. The molecule has 6 nitrogen and oxygen atoms in total. The zero-order valence-electron chi connectivity index (χ0n) is 18.4. The van der Waals surface area contributed by atoms with Gasteiger partial charge >= 0.3 is 5.97 Å². The summed E-state index contributed by atoms with van der Waals surface area (Å²) in [5.41, 5.74) is 3.04. The van der Waals surface area contributed by atoms with Crippen molar-refractivity contribution in [2.45, 2.75) is 13.5 Å². The average Bonchev–Trinajstić information content (AvgIpc) is 3.08. The zero-order valence-corrected chi connectivity index (χ0v) is 21.4. The van der Waals surface area contributed by atoms with E-state index in [-0.39, 0.29) is 23.4 Å². The molecule has 0 spiro atoms. The number of rotatable bonds is 6. The van der Waals surface area contributed by atoms with E-state index in [0.29, 0.717) is 21.8 Å². The van der Waals surface area contributed by atoms with Crippen molar-refractivity contribution >= 4 is 57.5 Å². The van der Waals surface area contributed by atoms with Gasteiger partial charge in [0.1, 0.15) is 0 Å². The number of hydrogen-bond acceptors (Lipinski definition) is 6. The van der Waals surface area contributed by atoms with E-state index in [4.69, 9.17) is 9.47 Å². The van der Waals surface area contributed by atoms with Gasteiger partial charge in [0.05, 0.1) is 24.1 Å². The Labute approximate surface area is 215 Å². The van der Waals surface area contributed by atoms with Crippen LogP contribution in [0.2, 0.25) is 0 Å². The van der Waals surface area contributed by atoms with Crippen molar-refractivity contribution in [1.82, 2.24) is 4.90 Å². The second-order valence-corrected chi connectivity index (χ2v) is 9.63. The molecule has 0 atom stereocenters. The number of esters is 1. The predicted octanol–water partition coefficient (Wildman–Crippen LogP) is 6.06. The van der Waals surface area contributed by atoms with E-state index in [0.717, 1.165) is 26.5 Å². The van der Waals surface area contributed by atoms with Crippen molar-refractivity contribution < 1.29 is 23.9 Å². The molecule has 1 saturated heterocycles. The zero-order chi connectivity index (χ0) is 24.2. The lowest BCUT2D eigenvalue weighted by Gasteiger charge is -2.14. The number of amides is 2. The molecule has 8 heteroatoms. The first kappa shape index (κ1) is 24.0. The summed E-state index contributed by atoms with van der Waals surface area (Å²) < 4.78 is 11.7. The fourth-order valence-electron chi connectivity index (χ4n) is 3.39. The summed E-state index contributed by atoms with van der Waals surface area (Å²) in [6.07, 6.45) is 1.64. The molecule has 1 fully saturated rings. The third-order valence-corrected chi connectivity index (χ3v) is 7.09. The summed E-state index contributed by atoms with van der Waals surface area (Å²) in [7, 11) is 1.47. The van der Waals surface area contributed by atoms with Crippen LogP contribution in [0, 0.1) is 10.5 Å². The molecular weight excluding hydrogens is 565 g/mol. The van der Waals surface area contributed by atoms with Gasteiger partial charge < -0.3 is 9.47 Å². The van der Waals surface area contributed by atoms with Gasteiger partial charge in [-0.1, -0.05) is 42.5 Å². The van der Waals surface area contributed by atoms with Gasteiger partial charge in [0.2, 0.25) is 0 Å². The van der Waals surface area contributed by atoms with Gasteiger partial charge in [0.25, 0.3) is 11.1 Å². The standard InChI is InChI=1S/C26H20INO5S/c1-16-7-3-4-8-18(16)15-28-24(29)23(34-26(28)31)14-17-11-12-21(22(13-17)32-2)33-25(30)19-9-5-6-10-20(19)27/h3-14H,15H2,1-2H3/b23-14-. The number of benzene rings is 3. The number of imide groups is 1. The second-order valence-electron chi connectivity index (χ2n) is 7.47. The number of carbonyl (C=O) groups excluding carboxylic acids is 3. The molecule has 0 aromatic heterocycles. The van der Waals surface area contributed by atoms with Crippen LogP contribution < -0.4 is 9.47 Å². The first-order valence-electron chi connectivity index (χ1n) is 10.3. The Morgan fingerprint density at radius 3 is 2.50 bits per heavy atom. The second kappa shape index (κ2) is 10.4. The van der Waals surface area contributed by atoms with Crippen molar-refractivity contribution in [2.75, 3.05) is 7.11 Å². The Hall–Kier alpha value is -3.11. The number of methoxy groups -OCH3 is 1. The van der Waals surface area contributed by atoms with Crippen molar-refractivity contribution in [3.8, 4) is 11.5 Å². The van der Waals surface area contributed by atoms with Crippen LogP contribution >= 0.6 is 34.4 Å². The normalized spacial score (nSPS) is 14.6. The van der Waals surface area contributed by atoms with Crippen LogP contribution in [0.15, 0.2) is 71.6 Å². The van der Waals surface area contributed by atoms with Crippen LogP contribution in [0.4, 0.5) is 4.79 Å². The largest absolute Gasteiger partial charge is 0.493 e. The first-order valence-corrected chi connectivity index (χ1v) is 12.2. The maximum atomic E-state index is 12.9. The van der Waals surface area contributed by atoms with Gasteiger partial charge in [-0.3, -0.25) is 14.5 Å². The molecule has 3 aromatic rings. The molecule has 0 aliphatic carbocycles. The lowest BCUT2D eigenvalue weighted by Crippen LogP contribution is -2.27. The van der Waals surface area contributed by atoms with E-state index in [1.54, 1.807) is 36.4 Å². The summed E-state index contributed by atoms with van der Waals surface area (Å²) in [4.78, 5) is 39.5. The lowest BCUT2D eigenvalue weighted by atomic mass is 10.1. The van der Waals surface area contributed by atoms with Crippen LogP contribution in [0.1, 0.15) is 27.0 Å². The maximum absolute atomic E-state index is 12.9. The molecule has 1 heterocycles. The fourth-order valence-corrected chi connectivity index (χ4v) is 4.83. The molecule has 34 heavy (non-hydrogen) atoms. The Balaban J connectivity index is 1.53. The molecule has 2 amide bonds. The monoisotopic (exact) mass is 585 g/mol. The number of hydrogen-bond donors (Lipinski definition) is 0. The quantitative estimate of drug-likeness (QED) is 0.152. The minimum absolute atomic E-state index is 0.227. The lowest BCUT2D eigenvalue weighted by molar-refractivity contribution is -0.123. The summed E-state index contributed by atoms with van der Waals surface area (Å²) in [5.74, 6) is -0.233. The highest BCUT2D eigenvalue weighted by Crippen LogP contribution is 2.35. The van der Waals surface area contributed by atoms with E-state index >= 15 is 0 Å². The number of aryl methyl sites for hydroxylation is 1. The van der Waals surface area contributed by atoms with Gasteiger partial charge in [-0.2, -0.15) is 0 Å². The third kappa shape index (κ3) is 5.18. The van der Waals surface area contributed by atoms with Crippen LogP contribution in [-0.4, -0.2) is 29.1 Å². The van der Waals surface area contributed by atoms with E-state index in [9.17, 15) is 14.4 Å². The smallest absolute Gasteiger partial charge is 0.344 e. The van der Waals surface area contributed by atoms with E-state index in [2.05, 4.69) is 22.6 Å². The Morgan fingerprint density at radius 1 is 1.03 bits per heavy atom. The highest BCUT2D eigenvalue weighted by atomic mass is 127. The first-order chi connectivity index (χ1) is 16.4. The minimum Gasteiger partial charge on any atom is -0.493 e. The van der Waals surface area contributed by atoms with Crippen molar-refractivity contribution in [3.63, 3.8) is 0 Å². The molecule has 1 aliphatic heterocycles. The molecular formula is C26H20INO5S. The van der Waals surface area contributed by atoms with Crippen LogP contribution in [-0.2, 0) is 11.3 Å². The Morgan fingerprint density at radius 2 is 1.76 bits per heavy atom. The topological polar surface area (TPSA) is 72.9 Å². The highest BCUT2D eigenvalue weighted by molar-refractivity contribution is 14.1. The molecule has 0 bridgehead atoms. The van der Waals surface area contributed by atoms with E-state index in [1.165, 1.54) is 12.0 Å². The Bertz CT molecular complexity index is 1320. The molecule has 0 saturated carbocycles. The number of nitrogens with zero attached hydrogens (tertiary/aromatic N) is 1. The van der Waals surface area contributed by atoms with Crippen LogP contribution in [0.25, 0.3) is 6.08 Å². The molecule has 0 radical (unpaired) electrons. The molecule has 1 aliphatic rings. The summed E-state index contributed by atoms with van der Waals surface area (Å²) in [6.45, 7) is 2.18. The number of thioether (sulfide) groups is 1. The number of ether oxygens (including phenoxy) is 2. The van der Waals surface area contributed by atoms with E-state index in [1.807, 2.05) is 43.3 Å². The SMILES string of the molecule is COc1cc(/C=C2\SC(=O)N(Cc3ccccc3C)C2=O)ccc1OC(=O)c1ccccc1I. The summed E-state index contributed by atoms with van der Waals surface area (Å²) in [6, 6.07) is 19.8. The number of carbonyl (C=O) groups is 3. The average molecular weight is 585 g/mol. The van der Waals surface area contributed by atoms with Gasteiger partial charge in [0, 0.05) is 3.57 Å². The Kier molecular flexibility index (Phi) is 7.38. The van der Waals surface area contributed by atoms with Gasteiger partial charge in [0.15, 0.2) is 11.5 Å². The van der Waals surface area contributed by atoms with Crippen molar-refractivity contribution in [2.24, 2.45) is 0 Å². The summed E-state index contributed by atoms with van der Waals surface area (Å²) >= 11 is 2.98. The van der Waals surface area contributed by atoms with Crippen LogP contribution in [0.5, 0.6) is 11.5 Å². The molecule has 0 N–H and O–H groups in total. The number of halogens is 1. The van der Waals surface area contributed by atoms with E-state index < -0.39 is 5.97 Å². The highest BCUT2D eigenvalue weighted by Gasteiger charge is 2.35. The van der Waals surface area contributed by atoms with Crippen LogP contribution in [0.3, 0.4) is 0 Å². The third-order valence-electron chi connectivity index (χ3n) is 5.25. The molecule has 4 rings (SSSR count). The van der Waals surface area contributed by atoms with Crippen molar-refractivity contribution in [1.29, 1.82) is 0 Å². The van der Waals surface area contributed by atoms with Crippen molar-refractivity contribution in [3.05, 3.63) is 97.5 Å². The fraction of sp³-hybridized carbons (Fsp3) is 0.115. The minimum atomic E-state index is -0.492. The van der Waals surface area contributed by atoms with Gasteiger partial charge in [-0.05, 0) is 88.3 Å².